The van der Waals surface area contributed by atoms with Crippen LogP contribution in [0, 0.1) is 19.8 Å². The Balaban J connectivity index is 1.45. The van der Waals surface area contributed by atoms with Gasteiger partial charge in [-0.15, -0.1) is 5.10 Å². The van der Waals surface area contributed by atoms with Crippen molar-refractivity contribution in [2.45, 2.75) is 69.7 Å². The molecule has 3 rings (SSSR count). The Labute approximate surface area is 175 Å². The predicted octanol–water partition coefficient (Wildman–Crippen LogP) is 4.37. The first-order valence-corrected chi connectivity index (χ1v) is 11.1. The van der Waals surface area contributed by atoms with Gasteiger partial charge in [0, 0.05) is 12.1 Å². The monoisotopic (exact) mass is 415 g/mol. The Morgan fingerprint density at radius 3 is 2.76 bits per heavy atom. The van der Waals surface area contributed by atoms with Crippen molar-refractivity contribution < 1.29 is 9.59 Å². The van der Waals surface area contributed by atoms with Gasteiger partial charge in [0.15, 0.2) is 0 Å². The van der Waals surface area contributed by atoms with Crippen LogP contribution >= 0.6 is 11.8 Å². The van der Waals surface area contributed by atoms with Crippen LogP contribution in [0.2, 0.25) is 0 Å². The fourth-order valence-electron chi connectivity index (χ4n) is 3.61. The van der Waals surface area contributed by atoms with E-state index in [1.54, 1.807) is 6.92 Å². The zero-order chi connectivity index (χ0) is 20.8. The minimum atomic E-state index is -0.540. The molecule has 1 aromatic carbocycles. The molecule has 3 amide bonds. The number of anilines is 1. The summed E-state index contributed by atoms with van der Waals surface area (Å²) in [6.45, 7) is 5.64. The third kappa shape index (κ3) is 6.32. The molecule has 0 bridgehead atoms. The summed E-state index contributed by atoms with van der Waals surface area (Å²) in [5.41, 5.74) is 2.74. The third-order valence-corrected chi connectivity index (χ3v) is 6.25. The van der Waals surface area contributed by atoms with Gasteiger partial charge in [-0.25, -0.2) is 9.78 Å². The number of imide groups is 1. The average Bonchev–Trinajstić information content (AvgIpc) is 3.34. The smallest absolute Gasteiger partial charge is 0.307 e. The third-order valence-electron chi connectivity index (χ3n) is 5.29. The van der Waals surface area contributed by atoms with E-state index >= 15 is 0 Å². The number of hydrogen-bond donors (Lipinski definition) is 3. The van der Waals surface area contributed by atoms with Gasteiger partial charge in [0.25, 0.3) is 0 Å². The highest BCUT2D eigenvalue weighted by Gasteiger charge is 2.20. The first-order chi connectivity index (χ1) is 13.9. The molecule has 0 spiro atoms. The second-order valence-corrected chi connectivity index (χ2v) is 9.08. The summed E-state index contributed by atoms with van der Waals surface area (Å²) in [6.07, 6.45) is 7.33. The molecule has 156 valence electrons. The summed E-state index contributed by atoms with van der Waals surface area (Å²) >= 11 is 1.24. The number of aromatic nitrogens is 3. The van der Waals surface area contributed by atoms with E-state index in [0.29, 0.717) is 10.8 Å². The van der Waals surface area contributed by atoms with Crippen molar-refractivity contribution in [2.75, 3.05) is 5.32 Å². The quantitative estimate of drug-likeness (QED) is 0.583. The van der Waals surface area contributed by atoms with Crippen molar-refractivity contribution in [3.8, 4) is 0 Å². The number of rotatable bonds is 7. The topological polar surface area (TPSA) is 99.8 Å². The van der Waals surface area contributed by atoms with Crippen LogP contribution < -0.4 is 10.6 Å². The summed E-state index contributed by atoms with van der Waals surface area (Å²) in [6, 6.07) is 5.18. The molecule has 1 fully saturated rings. The van der Waals surface area contributed by atoms with Gasteiger partial charge in [-0.2, -0.15) is 0 Å². The number of hydrogen-bond acceptors (Lipinski definition) is 5. The molecular weight excluding hydrogens is 386 g/mol. The van der Waals surface area contributed by atoms with Gasteiger partial charge < -0.3 is 5.32 Å². The van der Waals surface area contributed by atoms with Crippen LogP contribution in [0.5, 0.6) is 0 Å². The van der Waals surface area contributed by atoms with Gasteiger partial charge in [0.05, 0.1) is 5.25 Å². The second kappa shape index (κ2) is 9.91. The van der Waals surface area contributed by atoms with Crippen molar-refractivity contribution in [2.24, 2.45) is 5.92 Å². The molecule has 29 heavy (non-hydrogen) atoms. The van der Waals surface area contributed by atoms with Crippen molar-refractivity contribution in [1.82, 2.24) is 20.5 Å². The van der Waals surface area contributed by atoms with E-state index < -0.39 is 11.3 Å². The summed E-state index contributed by atoms with van der Waals surface area (Å²) in [5.74, 6) is 1.28. The summed E-state index contributed by atoms with van der Waals surface area (Å²) < 4.78 is 0. The minimum absolute atomic E-state index is 0.380. The Morgan fingerprint density at radius 2 is 2.03 bits per heavy atom. The number of carbonyl (C=O) groups excluding carboxylic acids is 2. The molecular formula is C21H29N5O2S. The summed E-state index contributed by atoms with van der Waals surface area (Å²) in [7, 11) is 0. The van der Waals surface area contributed by atoms with Crippen molar-refractivity contribution in [1.29, 1.82) is 0 Å². The van der Waals surface area contributed by atoms with E-state index in [4.69, 9.17) is 0 Å². The van der Waals surface area contributed by atoms with Gasteiger partial charge in [0.2, 0.25) is 11.1 Å². The number of nitrogens with zero attached hydrogens (tertiary/aromatic N) is 2. The maximum Gasteiger partial charge on any atom is 0.325 e. The average molecular weight is 416 g/mol. The molecule has 1 heterocycles. The molecule has 1 unspecified atom stereocenters. The van der Waals surface area contributed by atoms with Gasteiger partial charge in [-0.1, -0.05) is 55.1 Å². The first kappa shape index (κ1) is 21.4. The largest absolute Gasteiger partial charge is 0.325 e. The maximum atomic E-state index is 12.3. The zero-order valence-electron chi connectivity index (χ0n) is 17.2. The number of aromatic amines is 1. The Kier molecular flexibility index (Phi) is 7.30. The van der Waals surface area contributed by atoms with Crippen LogP contribution in [0.1, 0.15) is 56.0 Å². The molecule has 1 saturated carbocycles. The molecule has 1 aliphatic carbocycles. The molecule has 3 N–H and O–H groups in total. The van der Waals surface area contributed by atoms with Gasteiger partial charge in [0.1, 0.15) is 5.82 Å². The predicted molar refractivity (Wildman–Crippen MR) is 115 cm³/mol. The van der Waals surface area contributed by atoms with Crippen molar-refractivity contribution >= 4 is 29.4 Å². The Morgan fingerprint density at radius 1 is 1.28 bits per heavy atom. The fourth-order valence-corrected chi connectivity index (χ4v) is 4.36. The Bertz CT molecular complexity index is 861. The summed E-state index contributed by atoms with van der Waals surface area (Å²) in [4.78, 5) is 29.0. The lowest BCUT2D eigenvalue weighted by Gasteiger charge is -2.12. The molecule has 0 aliphatic heterocycles. The molecule has 0 radical (unpaired) electrons. The van der Waals surface area contributed by atoms with Crippen LogP contribution in [-0.4, -0.2) is 32.4 Å². The van der Waals surface area contributed by atoms with Crippen LogP contribution in [0.15, 0.2) is 23.4 Å². The number of benzene rings is 1. The van der Waals surface area contributed by atoms with E-state index in [2.05, 4.69) is 25.8 Å². The van der Waals surface area contributed by atoms with E-state index in [9.17, 15) is 9.59 Å². The van der Waals surface area contributed by atoms with E-state index in [-0.39, 0.29) is 5.91 Å². The van der Waals surface area contributed by atoms with Crippen LogP contribution in [-0.2, 0) is 11.2 Å². The number of carbonyl (C=O) groups is 2. The standard InChI is InChI=1S/C21H29N5O2S/c1-13-8-10-17(14(2)12-13)22-20(28)24-19(27)15(3)29-21-23-18(25-26-21)11-9-16-6-4-5-7-16/h8,10,12,15-16H,4-7,9,11H2,1-3H3,(H,23,25,26)(H2,22,24,27,28). The number of H-pyrrole nitrogens is 1. The molecule has 1 aromatic heterocycles. The number of amides is 3. The molecule has 1 aliphatic rings. The first-order valence-electron chi connectivity index (χ1n) is 10.2. The lowest BCUT2D eigenvalue weighted by atomic mass is 10.0. The van der Waals surface area contributed by atoms with Gasteiger partial charge >= 0.3 is 6.03 Å². The molecule has 1 atom stereocenters. The molecule has 8 heteroatoms. The van der Waals surface area contributed by atoms with E-state index in [0.717, 1.165) is 35.7 Å². The maximum absolute atomic E-state index is 12.3. The van der Waals surface area contributed by atoms with Crippen molar-refractivity contribution in [3.63, 3.8) is 0 Å². The summed E-state index contributed by atoms with van der Waals surface area (Å²) in [5, 5.41) is 12.3. The normalized spacial score (nSPS) is 15.3. The van der Waals surface area contributed by atoms with Crippen LogP contribution in [0.3, 0.4) is 0 Å². The number of urea groups is 1. The molecule has 7 nitrogen and oxygen atoms in total. The number of thioether (sulfide) groups is 1. The highest BCUT2D eigenvalue weighted by molar-refractivity contribution is 8.00. The highest BCUT2D eigenvalue weighted by Crippen LogP contribution is 2.28. The minimum Gasteiger partial charge on any atom is -0.307 e. The molecule has 2 aromatic rings. The SMILES string of the molecule is Cc1ccc(NC(=O)NC(=O)C(C)Sc2n[nH]c(CCC3CCCC3)n2)c(C)c1. The van der Waals surface area contributed by atoms with Gasteiger partial charge in [-0.3, -0.25) is 15.2 Å². The fraction of sp³-hybridized carbons (Fsp3) is 0.524. The lowest BCUT2D eigenvalue weighted by molar-refractivity contribution is -0.119. The highest BCUT2D eigenvalue weighted by atomic mass is 32.2. The van der Waals surface area contributed by atoms with E-state index in [1.165, 1.54) is 37.4 Å². The van der Waals surface area contributed by atoms with Crippen molar-refractivity contribution in [3.05, 3.63) is 35.2 Å². The van der Waals surface area contributed by atoms with Gasteiger partial charge in [-0.05, 0) is 44.7 Å². The van der Waals surface area contributed by atoms with Crippen LogP contribution in [0.25, 0.3) is 0 Å². The second-order valence-electron chi connectivity index (χ2n) is 7.78. The number of nitrogens with one attached hydrogen (secondary N) is 3. The lowest BCUT2D eigenvalue weighted by Crippen LogP contribution is -2.39. The van der Waals surface area contributed by atoms with Crippen LogP contribution in [0.4, 0.5) is 10.5 Å². The van der Waals surface area contributed by atoms with E-state index in [1.807, 2.05) is 32.0 Å². The molecule has 0 saturated heterocycles. The zero-order valence-corrected chi connectivity index (χ0v) is 18.1. The Hall–Kier alpha value is -2.35. The number of aryl methyl sites for hydroxylation is 3.